The topological polar surface area (TPSA) is 124 Å². The molecule has 0 spiro atoms. The van der Waals surface area contributed by atoms with Crippen molar-refractivity contribution in [3.63, 3.8) is 0 Å². The van der Waals surface area contributed by atoms with Crippen LogP contribution in [0, 0.1) is 0 Å². The Morgan fingerprint density at radius 3 is 1.80 bits per heavy atom. The van der Waals surface area contributed by atoms with Crippen LogP contribution in [-0.4, -0.2) is 57.3 Å². The zero-order valence-electron chi connectivity index (χ0n) is 15.2. The molecule has 7 nitrogen and oxygen atoms in total. The second-order valence-corrected chi connectivity index (χ2v) is 6.53. The maximum Gasteiger partial charge on any atom is 0.307 e. The van der Waals surface area contributed by atoms with Crippen LogP contribution < -0.4 is 0 Å². The van der Waals surface area contributed by atoms with Crippen LogP contribution in [0.5, 0.6) is 0 Å². The first-order chi connectivity index (χ1) is 11.9. The van der Waals surface area contributed by atoms with Gasteiger partial charge in [-0.05, 0) is 32.1 Å². The molecular weight excluding hydrogens is 328 g/mol. The first kappa shape index (κ1) is 23.8. The van der Waals surface area contributed by atoms with Crippen molar-refractivity contribution in [2.45, 2.75) is 95.9 Å². The Bertz CT molecular complexity index is 343. The maximum atomic E-state index is 10.9. The second kappa shape index (κ2) is 15.1. The minimum atomic E-state index is -0.996. The molecule has 0 amide bonds. The van der Waals surface area contributed by atoms with Crippen molar-refractivity contribution in [3.8, 4) is 0 Å². The molecule has 25 heavy (non-hydrogen) atoms. The third kappa shape index (κ3) is 14.8. The van der Waals surface area contributed by atoms with Gasteiger partial charge in [-0.2, -0.15) is 0 Å². The monoisotopic (exact) mass is 362 g/mol. The number of hydrogen-bond donors (Lipinski definition) is 4. The number of carboxylic acids is 1. The van der Waals surface area contributed by atoms with E-state index in [-0.39, 0.29) is 13.0 Å². The molecule has 148 valence electrons. The molecule has 0 saturated carbocycles. The van der Waals surface area contributed by atoms with Crippen LogP contribution in [0.15, 0.2) is 0 Å². The third-order valence-electron chi connectivity index (χ3n) is 4.11. The number of rotatable bonds is 16. The third-order valence-corrected chi connectivity index (χ3v) is 4.11. The lowest BCUT2D eigenvalue weighted by Gasteiger charge is -2.18. The number of carboxylic acid groups (broad SMARTS) is 1. The van der Waals surface area contributed by atoms with E-state index in [0.29, 0.717) is 25.7 Å². The molecule has 3 atom stereocenters. The molecule has 0 aliphatic heterocycles. The Hall–Kier alpha value is -1.18. The molecule has 0 aromatic carbocycles. The highest BCUT2D eigenvalue weighted by atomic mass is 16.5. The van der Waals surface area contributed by atoms with Crippen LogP contribution in [0.2, 0.25) is 0 Å². The van der Waals surface area contributed by atoms with Gasteiger partial charge in [0.1, 0.15) is 6.10 Å². The number of unbranched alkanes of at least 4 members (excludes halogenated alkanes) is 5. The van der Waals surface area contributed by atoms with E-state index < -0.39 is 30.3 Å². The molecule has 0 unspecified atom stereocenters. The summed E-state index contributed by atoms with van der Waals surface area (Å²) in [4.78, 5) is 21.7. The van der Waals surface area contributed by atoms with E-state index in [9.17, 15) is 19.8 Å². The predicted molar refractivity (Wildman–Crippen MR) is 93.1 cm³/mol. The Balaban J connectivity index is 3.79. The van der Waals surface area contributed by atoms with Gasteiger partial charge in [-0.3, -0.25) is 9.59 Å². The van der Waals surface area contributed by atoms with E-state index in [2.05, 4.69) is 0 Å². The highest BCUT2D eigenvalue weighted by Crippen LogP contribution is 2.15. The van der Waals surface area contributed by atoms with Crippen LogP contribution in [0.1, 0.15) is 77.6 Å². The molecule has 0 saturated heterocycles. The van der Waals surface area contributed by atoms with Crippen LogP contribution in [0.3, 0.4) is 0 Å². The smallest absolute Gasteiger partial charge is 0.307 e. The first-order valence-electron chi connectivity index (χ1n) is 9.22. The highest BCUT2D eigenvalue weighted by Gasteiger charge is 2.17. The first-order valence-corrected chi connectivity index (χ1v) is 9.22. The summed E-state index contributed by atoms with van der Waals surface area (Å²) < 4.78 is 4.97. The molecule has 0 aromatic heterocycles. The number of carbonyl (C=O) groups is 2. The molecule has 0 aliphatic rings. The van der Waals surface area contributed by atoms with Gasteiger partial charge in [0.2, 0.25) is 0 Å². The van der Waals surface area contributed by atoms with Gasteiger partial charge in [0, 0.05) is 13.5 Å². The fourth-order valence-corrected chi connectivity index (χ4v) is 2.74. The Labute approximate surface area is 150 Å². The van der Waals surface area contributed by atoms with Crippen LogP contribution >= 0.6 is 0 Å². The minimum Gasteiger partial charge on any atom is -0.481 e. The second-order valence-electron chi connectivity index (χ2n) is 6.53. The molecule has 4 N–H and O–H groups in total. The maximum absolute atomic E-state index is 10.9. The molecule has 0 radical (unpaired) electrons. The summed E-state index contributed by atoms with van der Waals surface area (Å²) in [7, 11) is 0. The fraction of sp³-hybridized carbons (Fsp3) is 0.889. The lowest BCUT2D eigenvalue weighted by atomic mass is 9.99. The summed E-state index contributed by atoms with van der Waals surface area (Å²) in [5.41, 5.74) is 0. The number of aliphatic carboxylic acids is 1. The quantitative estimate of drug-likeness (QED) is 0.244. The molecule has 0 fully saturated rings. The summed E-state index contributed by atoms with van der Waals surface area (Å²) in [6.45, 7) is 1.45. The SMILES string of the molecule is CC(=O)O[C@H](CCCCC[C@H](O)[C@H](O)CCCCCCO)CC(=O)O. The summed E-state index contributed by atoms with van der Waals surface area (Å²) in [6, 6.07) is 0. The number of carbonyl (C=O) groups excluding carboxylic acids is 1. The van der Waals surface area contributed by atoms with Crippen molar-refractivity contribution < 1.29 is 34.8 Å². The van der Waals surface area contributed by atoms with E-state index in [4.69, 9.17) is 14.9 Å². The zero-order valence-corrected chi connectivity index (χ0v) is 15.2. The zero-order chi connectivity index (χ0) is 19.1. The van der Waals surface area contributed by atoms with E-state index in [1.165, 1.54) is 6.92 Å². The highest BCUT2D eigenvalue weighted by molar-refractivity contribution is 5.69. The summed E-state index contributed by atoms with van der Waals surface area (Å²) >= 11 is 0. The van der Waals surface area contributed by atoms with Gasteiger partial charge in [0.05, 0.1) is 18.6 Å². The minimum absolute atomic E-state index is 0.190. The van der Waals surface area contributed by atoms with Crippen LogP contribution in [0.4, 0.5) is 0 Å². The summed E-state index contributed by atoms with van der Waals surface area (Å²) in [5, 5.41) is 37.3. The van der Waals surface area contributed by atoms with Gasteiger partial charge >= 0.3 is 11.9 Å². The average Bonchev–Trinajstić information content (AvgIpc) is 2.52. The van der Waals surface area contributed by atoms with Gasteiger partial charge in [0.25, 0.3) is 0 Å². The van der Waals surface area contributed by atoms with E-state index in [1.54, 1.807) is 0 Å². The molecule has 0 aliphatic carbocycles. The Morgan fingerprint density at radius 1 is 0.840 bits per heavy atom. The molecule has 0 rings (SSSR count). The van der Waals surface area contributed by atoms with Crippen molar-refractivity contribution in [2.75, 3.05) is 6.61 Å². The summed E-state index contributed by atoms with van der Waals surface area (Å²) in [6.07, 6.45) is 4.92. The van der Waals surface area contributed by atoms with E-state index in [0.717, 1.165) is 38.5 Å². The Morgan fingerprint density at radius 2 is 1.32 bits per heavy atom. The van der Waals surface area contributed by atoms with Crippen molar-refractivity contribution in [1.82, 2.24) is 0 Å². The number of aliphatic hydroxyl groups is 3. The number of aliphatic hydroxyl groups excluding tert-OH is 3. The number of hydrogen-bond acceptors (Lipinski definition) is 6. The molecule has 0 aromatic rings. The predicted octanol–water partition coefficient (Wildman–Crippen LogP) is 2.01. The van der Waals surface area contributed by atoms with Crippen molar-refractivity contribution >= 4 is 11.9 Å². The van der Waals surface area contributed by atoms with Gasteiger partial charge < -0.3 is 25.2 Å². The lowest BCUT2D eigenvalue weighted by Crippen LogP contribution is -2.25. The van der Waals surface area contributed by atoms with Crippen molar-refractivity contribution in [3.05, 3.63) is 0 Å². The largest absolute Gasteiger partial charge is 0.481 e. The fourth-order valence-electron chi connectivity index (χ4n) is 2.74. The van der Waals surface area contributed by atoms with Crippen molar-refractivity contribution in [1.29, 1.82) is 0 Å². The molecule has 0 bridgehead atoms. The standard InChI is InChI=1S/C18H34O7/c1-14(20)25-15(13-18(23)24)9-5-4-7-11-17(22)16(21)10-6-2-3-8-12-19/h15-17,19,21-22H,2-13H2,1H3,(H,23,24)/t15-,16-,17+/m1/s1. The molecule has 0 heterocycles. The molecule has 7 heteroatoms. The average molecular weight is 362 g/mol. The number of esters is 1. The van der Waals surface area contributed by atoms with Gasteiger partial charge in [-0.15, -0.1) is 0 Å². The summed E-state index contributed by atoms with van der Waals surface area (Å²) in [5.74, 6) is -1.48. The Kier molecular flexibility index (Phi) is 14.4. The molecular formula is C18H34O7. The van der Waals surface area contributed by atoms with E-state index in [1.807, 2.05) is 0 Å². The van der Waals surface area contributed by atoms with Gasteiger partial charge in [0.15, 0.2) is 0 Å². The van der Waals surface area contributed by atoms with Gasteiger partial charge in [-0.25, -0.2) is 0 Å². The van der Waals surface area contributed by atoms with Crippen molar-refractivity contribution in [2.24, 2.45) is 0 Å². The normalized spacial score (nSPS) is 14.7. The van der Waals surface area contributed by atoms with Crippen LogP contribution in [-0.2, 0) is 14.3 Å². The van der Waals surface area contributed by atoms with Crippen LogP contribution in [0.25, 0.3) is 0 Å². The van der Waals surface area contributed by atoms with E-state index >= 15 is 0 Å². The number of ether oxygens (including phenoxy) is 1. The lowest BCUT2D eigenvalue weighted by molar-refractivity contribution is -0.151. The van der Waals surface area contributed by atoms with Gasteiger partial charge in [-0.1, -0.05) is 32.1 Å².